The number of rotatable bonds is 4. The number of aromatic nitrogens is 4. The van der Waals surface area contributed by atoms with Crippen LogP contribution in [0.3, 0.4) is 0 Å². The minimum absolute atomic E-state index is 0.561. The molecule has 1 saturated heterocycles. The summed E-state index contributed by atoms with van der Waals surface area (Å²) < 4.78 is 1.89. The minimum atomic E-state index is 0.561. The first-order chi connectivity index (χ1) is 12.6. The zero-order valence-electron chi connectivity index (χ0n) is 15.5. The molecule has 26 heavy (non-hydrogen) atoms. The van der Waals surface area contributed by atoms with Crippen LogP contribution in [-0.4, -0.2) is 57.9 Å². The highest BCUT2D eigenvalue weighted by Gasteiger charge is 2.25. The average molecular weight is 348 g/mol. The maximum absolute atomic E-state index is 4.79. The molecule has 1 aromatic carbocycles. The molecule has 0 amide bonds. The molecule has 4 rings (SSSR count). The highest BCUT2D eigenvalue weighted by atomic mass is 15.3. The molecule has 1 fully saturated rings. The molecule has 1 aliphatic rings. The number of likely N-dealkylation sites (N-methyl/N-ethyl adjacent to an activating group) is 1. The van der Waals surface area contributed by atoms with E-state index < -0.39 is 0 Å². The summed E-state index contributed by atoms with van der Waals surface area (Å²) >= 11 is 0. The van der Waals surface area contributed by atoms with Gasteiger partial charge in [-0.05, 0) is 51.2 Å². The third kappa shape index (κ3) is 3.32. The number of nitrogens with zero attached hydrogens (tertiary/aromatic N) is 6. The van der Waals surface area contributed by atoms with E-state index in [0.29, 0.717) is 6.04 Å². The van der Waals surface area contributed by atoms with Gasteiger partial charge in [-0.25, -0.2) is 14.6 Å². The van der Waals surface area contributed by atoms with E-state index in [-0.39, 0.29) is 0 Å². The first-order valence-corrected chi connectivity index (χ1v) is 8.96. The largest absolute Gasteiger partial charge is 0.339 e. The number of hydrogen-bond donors (Lipinski definition) is 0. The van der Waals surface area contributed by atoms with E-state index in [0.717, 1.165) is 42.4 Å². The molecule has 3 aromatic rings. The van der Waals surface area contributed by atoms with Crippen LogP contribution >= 0.6 is 0 Å². The Morgan fingerprint density at radius 1 is 1.19 bits per heavy atom. The summed E-state index contributed by atoms with van der Waals surface area (Å²) in [6, 6.07) is 10.8. The van der Waals surface area contributed by atoms with E-state index in [1.807, 2.05) is 35.4 Å². The van der Waals surface area contributed by atoms with Gasteiger partial charge in [-0.3, -0.25) is 0 Å². The van der Waals surface area contributed by atoms with Gasteiger partial charge in [-0.15, -0.1) is 0 Å². The molecule has 6 heteroatoms. The second-order valence-corrected chi connectivity index (χ2v) is 7.11. The third-order valence-electron chi connectivity index (χ3n) is 4.96. The molecule has 1 atom stereocenters. The summed E-state index contributed by atoms with van der Waals surface area (Å²) in [6.07, 6.45) is 6.87. The predicted octanol–water partition coefficient (Wildman–Crippen LogP) is 2.78. The van der Waals surface area contributed by atoms with E-state index in [9.17, 15) is 0 Å². The number of hydrogen-bond acceptors (Lipinski definition) is 5. The number of anilines is 1. The Hall–Kier alpha value is -2.73. The van der Waals surface area contributed by atoms with Crippen molar-refractivity contribution >= 4 is 5.95 Å². The Bertz CT molecular complexity index is 901. The van der Waals surface area contributed by atoms with Gasteiger partial charge in [0.1, 0.15) is 0 Å². The van der Waals surface area contributed by atoms with Crippen molar-refractivity contribution in [2.75, 3.05) is 32.1 Å². The van der Waals surface area contributed by atoms with Crippen molar-refractivity contribution in [1.29, 1.82) is 0 Å². The zero-order valence-corrected chi connectivity index (χ0v) is 15.5. The molecule has 0 radical (unpaired) electrons. The standard InChI is InChI=1S/C20H24N6/c1-15-5-4-6-17(11-15)26-13-16(12-22-26)19-7-9-21-20(23-19)25-10-8-18(14-25)24(2)3/h4-7,9,11-13,18H,8,10,14H2,1-3H3. The van der Waals surface area contributed by atoms with E-state index in [1.54, 1.807) is 0 Å². The van der Waals surface area contributed by atoms with Crippen LogP contribution in [0.2, 0.25) is 0 Å². The second kappa shape index (κ2) is 6.88. The molecule has 0 aliphatic carbocycles. The molecule has 2 aromatic heterocycles. The molecule has 0 saturated carbocycles. The molecule has 6 nitrogen and oxygen atoms in total. The second-order valence-electron chi connectivity index (χ2n) is 7.11. The number of aryl methyl sites for hydroxylation is 1. The van der Waals surface area contributed by atoms with Gasteiger partial charge in [0.15, 0.2) is 0 Å². The van der Waals surface area contributed by atoms with Gasteiger partial charge in [-0.2, -0.15) is 5.10 Å². The third-order valence-corrected chi connectivity index (χ3v) is 4.96. The Morgan fingerprint density at radius 3 is 2.85 bits per heavy atom. The fraction of sp³-hybridized carbons (Fsp3) is 0.350. The monoisotopic (exact) mass is 348 g/mol. The Kier molecular flexibility index (Phi) is 4.42. The molecular formula is C20H24N6. The summed E-state index contributed by atoms with van der Waals surface area (Å²) in [5.74, 6) is 0.801. The molecule has 0 bridgehead atoms. The number of benzene rings is 1. The lowest BCUT2D eigenvalue weighted by Crippen LogP contribution is -2.32. The van der Waals surface area contributed by atoms with Crippen LogP contribution in [0.15, 0.2) is 48.9 Å². The molecule has 0 spiro atoms. The van der Waals surface area contributed by atoms with Gasteiger partial charge in [-0.1, -0.05) is 12.1 Å². The fourth-order valence-electron chi connectivity index (χ4n) is 3.37. The van der Waals surface area contributed by atoms with Crippen molar-refractivity contribution in [3.63, 3.8) is 0 Å². The zero-order chi connectivity index (χ0) is 18.1. The van der Waals surface area contributed by atoms with Crippen LogP contribution in [0.25, 0.3) is 16.9 Å². The highest BCUT2D eigenvalue weighted by Crippen LogP contribution is 2.23. The molecule has 1 aliphatic heterocycles. The lowest BCUT2D eigenvalue weighted by atomic mass is 10.2. The van der Waals surface area contributed by atoms with Crippen LogP contribution in [-0.2, 0) is 0 Å². The predicted molar refractivity (Wildman–Crippen MR) is 104 cm³/mol. The summed E-state index contributed by atoms with van der Waals surface area (Å²) in [5, 5.41) is 4.50. The van der Waals surface area contributed by atoms with Gasteiger partial charge < -0.3 is 9.80 Å². The van der Waals surface area contributed by atoms with Crippen molar-refractivity contribution in [1.82, 2.24) is 24.6 Å². The van der Waals surface area contributed by atoms with Crippen molar-refractivity contribution in [3.8, 4) is 16.9 Å². The van der Waals surface area contributed by atoms with Crippen LogP contribution in [0.5, 0.6) is 0 Å². The Morgan fingerprint density at radius 2 is 2.08 bits per heavy atom. The lowest BCUT2D eigenvalue weighted by molar-refractivity contribution is 0.315. The topological polar surface area (TPSA) is 50.1 Å². The normalized spacial score (nSPS) is 17.2. The van der Waals surface area contributed by atoms with E-state index in [1.165, 1.54) is 5.56 Å². The first-order valence-electron chi connectivity index (χ1n) is 8.96. The van der Waals surface area contributed by atoms with Gasteiger partial charge >= 0.3 is 0 Å². The molecule has 134 valence electrons. The van der Waals surface area contributed by atoms with Crippen molar-refractivity contribution < 1.29 is 0 Å². The van der Waals surface area contributed by atoms with E-state index >= 15 is 0 Å². The highest BCUT2D eigenvalue weighted by molar-refractivity contribution is 5.59. The summed E-state index contributed by atoms with van der Waals surface area (Å²) in [4.78, 5) is 13.8. The minimum Gasteiger partial charge on any atom is -0.339 e. The van der Waals surface area contributed by atoms with E-state index in [2.05, 4.69) is 59.1 Å². The Balaban J connectivity index is 1.58. The van der Waals surface area contributed by atoms with Crippen molar-refractivity contribution in [3.05, 3.63) is 54.5 Å². The summed E-state index contributed by atoms with van der Waals surface area (Å²) in [6.45, 7) is 4.05. The smallest absolute Gasteiger partial charge is 0.225 e. The molecular weight excluding hydrogens is 324 g/mol. The average Bonchev–Trinajstić information content (AvgIpc) is 3.32. The van der Waals surface area contributed by atoms with Gasteiger partial charge in [0.2, 0.25) is 5.95 Å². The van der Waals surface area contributed by atoms with Crippen LogP contribution in [0.1, 0.15) is 12.0 Å². The van der Waals surface area contributed by atoms with Crippen LogP contribution < -0.4 is 4.90 Å². The Labute approximate surface area is 154 Å². The summed E-state index contributed by atoms with van der Waals surface area (Å²) in [5.41, 5.74) is 4.17. The quantitative estimate of drug-likeness (QED) is 0.726. The van der Waals surface area contributed by atoms with Crippen LogP contribution in [0.4, 0.5) is 5.95 Å². The van der Waals surface area contributed by atoms with Gasteiger partial charge in [0, 0.05) is 37.1 Å². The van der Waals surface area contributed by atoms with E-state index in [4.69, 9.17) is 4.98 Å². The summed E-state index contributed by atoms with van der Waals surface area (Å²) in [7, 11) is 4.26. The van der Waals surface area contributed by atoms with Crippen molar-refractivity contribution in [2.45, 2.75) is 19.4 Å². The molecule has 3 heterocycles. The van der Waals surface area contributed by atoms with Gasteiger partial charge in [0.25, 0.3) is 0 Å². The molecule has 0 N–H and O–H groups in total. The lowest BCUT2D eigenvalue weighted by Gasteiger charge is -2.20. The maximum atomic E-state index is 4.79. The molecule has 1 unspecified atom stereocenters. The van der Waals surface area contributed by atoms with Gasteiger partial charge in [0.05, 0.1) is 17.6 Å². The fourth-order valence-corrected chi connectivity index (χ4v) is 3.37. The van der Waals surface area contributed by atoms with Crippen molar-refractivity contribution in [2.24, 2.45) is 0 Å². The van der Waals surface area contributed by atoms with Crippen LogP contribution in [0, 0.1) is 6.92 Å². The maximum Gasteiger partial charge on any atom is 0.225 e. The first kappa shape index (κ1) is 16.7. The SMILES string of the molecule is Cc1cccc(-n2cc(-c3ccnc(N4CCC(N(C)C)C4)n3)cn2)c1.